The second-order valence-electron chi connectivity index (χ2n) is 7.43. The third-order valence-electron chi connectivity index (χ3n) is 5.39. The summed E-state index contributed by atoms with van der Waals surface area (Å²) in [5.74, 6) is 0. The van der Waals surface area contributed by atoms with Crippen LogP contribution in [0.1, 0.15) is 72.6 Å². The monoisotopic (exact) mass is 266 g/mol. The van der Waals surface area contributed by atoms with E-state index in [1.165, 1.54) is 51.5 Å². The molecule has 1 aliphatic heterocycles. The van der Waals surface area contributed by atoms with Gasteiger partial charge in [-0.1, -0.05) is 34.1 Å². The summed E-state index contributed by atoms with van der Waals surface area (Å²) in [5, 5.41) is 3.77. The highest BCUT2D eigenvalue weighted by Gasteiger charge is 2.40. The fraction of sp³-hybridized carbons (Fsp3) is 1.00. The molecule has 112 valence electrons. The summed E-state index contributed by atoms with van der Waals surface area (Å²) in [4.78, 5) is 2.87. The number of nitrogens with one attached hydrogen (secondary N) is 1. The van der Waals surface area contributed by atoms with Gasteiger partial charge in [-0.25, -0.2) is 0 Å². The van der Waals surface area contributed by atoms with E-state index in [9.17, 15) is 0 Å². The van der Waals surface area contributed by atoms with Crippen molar-refractivity contribution in [3.8, 4) is 0 Å². The predicted octanol–water partition coefficient (Wildman–Crippen LogP) is 3.81. The van der Waals surface area contributed by atoms with Gasteiger partial charge in [0, 0.05) is 18.1 Å². The van der Waals surface area contributed by atoms with Gasteiger partial charge < -0.3 is 5.32 Å². The Hall–Kier alpha value is -0.0800. The summed E-state index contributed by atoms with van der Waals surface area (Å²) in [6, 6.07) is 2.34. The van der Waals surface area contributed by atoms with Crippen LogP contribution in [0.4, 0.5) is 0 Å². The van der Waals surface area contributed by atoms with Gasteiger partial charge in [0.1, 0.15) is 0 Å². The van der Waals surface area contributed by atoms with Crippen LogP contribution in [0.3, 0.4) is 0 Å². The highest BCUT2D eigenvalue weighted by Crippen LogP contribution is 2.39. The number of hydrogen-bond donors (Lipinski definition) is 1. The van der Waals surface area contributed by atoms with Crippen molar-refractivity contribution in [1.29, 1.82) is 0 Å². The molecule has 2 nitrogen and oxygen atoms in total. The molecule has 3 atom stereocenters. The van der Waals surface area contributed by atoms with Crippen LogP contribution in [0, 0.1) is 5.41 Å². The topological polar surface area (TPSA) is 15.3 Å². The lowest BCUT2D eigenvalue weighted by atomic mass is 9.71. The molecule has 0 aromatic carbocycles. The van der Waals surface area contributed by atoms with E-state index in [2.05, 4.69) is 37.9 Å². The third kappa shape index (κ3) is 3.72. The molecule has 0 bridgehead atoms. The first-order chi connectivity index (χ1) is 9.07. The van der Waals surface area contributed by atoms with E-state index in [4.69, 9.17) is 0 Å². The molecule has 3 unspecified atom stereocenters. The third-order valence-corrected chi connectivity index (χ3v) is 5.39. The molecule has 0 spiro atoms. The molecule has 1 saturated heterocycles. The van der Waals surface area contributed by atoms with Gasteiger partial charge in [0.25, 0.3) is 0 Å². The molecule has 1 N–H and O–H groups in total. The average Bonchev–Trinajstić information content (AvgIpc) is 2.40. The van der Waals surface area contributed by atoms with Gasteiger partial charge in [0.05, 0.1) is 0 Å². The smallest absolute Gasteiger partial charge is 0.0257 e. The molecule has 2 rings (SSSR count). The molecule has 19 heavy (non-hydrogen) atoms. The molecular formula is C17H34N2. The molecule has 1 saturated carbocycles. The Kier molecular flexibility index (Phi) is 5.30. The van der Waals surface area contributed by atoms with Gasteiger partial charge in [-0.2, -0.15) is 0 Å². The van der Waals surface area contributed by atoms with E-state index >= 15 is 0 Å². The van der Waals surface area contributed by atoms with Crippen LogP contribution in [0.25, 0.3) is 0 Å². The summed E-state index contributed by atoms with van der Waals surface area (Å²) < 4.78 is 0. The van der Waals surface area contributed by atoms with Crippen LogP contribution < -0.4 is 5.32 Å². The van der Waals surface area contributed by atoms with Gasteiger partial charge in [-0.05, 0) is 57.0 Å². The van der Waals surface area contributed by atoms with Gasteiger partial charge >= 0.3 is 0 Å². The Balaban J connectivity index is 2.10. The second kappa shape index (κ2) is 6.58. The number of hydrogen-bond acceptors (Lipinski definition) is 2. The number of rotatable bonds is 4. The molecule has 0 radical (unpaired) electrons. The van der Waals surface area contributed by atoms with E-state index in [0.717, 1.165) is 24.7 Å². The SMILES string of the molecule is CCNC1CCC(C)(C)CC1N1CCCCC1CC. The maximum atomic E-state index is 3.77. The molecule has 2 heteroatoms. The van der Waals surface area contributed by atoms with Gasteiger partial charge in [0.15, 0.2) is 0 Å². The molecular weight excluding hydrogens is 232 g/mol. The predicted molar refractivity (Wildman–Crippen MR) is 83.5 cm³/mol. The number of likely N-dealkylation sites (tertiary alicyclic amines) is 1. The zero-order valence-electron chi connectivity index (χ0n) is 13.5. The first kappa shape index (κ1) is 15.3. The van der Waals surface area contributed by atoms with Crippen molar-refractivity contribution >= 4 is 0 Å². The molecule has 0 aromatic rings. The highest BCUT2D eigenvalue weighted by atomic mass is 15.2. The zero-order chi connectivity index (χ0) is 13.9. The lowest BCUT2D eigenvalue weighted by Gasteiger charge is -2.50. The average molecular weight is 266 g/mol. The minimum Gasteiger partial charge on any atom is -0.313 e. The minimum absolute atomic E-state index is 0.534. The van der Waals surface area contributed by atoms with Crippen LogP contribution in [0.5, 0.6) is 0 Å². The zero-order valence-corrected chi connectivity index (χ0v) is 13.5. The second-order valence-corrected chi connectivity index (χ2v) is 7.43. The van der Waals surface area contributed by atoms with Crippen molar-refractivity contribution in [2.75, 3.05) is 13.1 Å². The minimum atomic E-state index is 0.534. The molecule has 1 heterocycles. The summed E-state index contributed by atoms with van der Waals surface area (Å²) in [6.07, 6.45) is 9.72. The standard InChI is InChI=1S/C17H34N2/c1-5-14-9-7-8-12-19(14)16-13-17(3,4)11-10-15(16)18-6-2/h14-16,18H,5-13H2,1-4H3. The molecule has 0 aromatic heterocycles. The Morgan fingerprint density at radius 3 is 2.63 bits per heavy atom. The fourth-order valence-corrected chi connectivity index (χ4v) is 4.30. The van der Waals surface area contributed by atoms with E-state index in [1.54, 1.807) is 0 Å². The van der Waals surface area contributed by atoms with Crippen molar-refractivity contribution < 1.29 is 0 Å². The Morgan fingerprint density at radius 2 is 1.95 bits per heavy atom. The van der Waals surface area contributed by atoms with Gasteiger partial charge in [-0.15, -0.1) is 0 Å². The van der Waals surface area contributed by atoms with Crippen LogP contribution in [0.2, 0.25) is 0 Å². The van der Waals surface area contributed by atoms with Crippen molar-refractivity contribution in [2.24, 2.45) is 5.41 Å². The van der Waals surface area contributed by atoms with E-state index in [1.807, 2.05) is 0 Å². The molecule has 1 aliphatic carbocycles. The lowest BCUT2D eigenvalue weighted by molar-refractivity contribution is 0.0166. The van der Waals surface area contributed by atoms with Crippen LogP contribution in [-0.4, -0.2) is 36.1 Å². The molecule has 2 fully saturated rings. The summed E-state index contributed by atoms with van der Waals surface area (Å²) >= 11 is 0. The summed E-state index contributed by atoms with van der Waals surface area (Å²) in [7, 11) is 0. The van der Waals surface area contributed by atoms with Crippen molar-refractivity contribution in [2.45, 2.75) is 90.8 Å². The largest absolute Gasteiger partial charge is 0.313 e. The van der Waals surface area contributed by atoms with Crippen LogP contribution >= 0.6 is 0 Å². The van der Waals surface area contributed by atoms with Gasteiger partial charge in [0.2, 0.25) is 0 Å². The fourth-order valence-electron chi connectivity index (χ4n) is 4.30. The first-order valence-corrected chi connectivity index (χ1v) is 8.56. The normalized spacial score (nSPS) is 36.3. The number of piperidine rings is 1. The highest BCUT2D eigenvalue weighted by molar-refractivity contribution is 4.96. The molecule has 0 amide bonds. The maximum Gasteiger partial charge on any atom is 0.0257 e. The Bertz CT molecular complexity index is 274. The molecule has 2 aliphatic rings. The van der Waals surface area contributed by atoms with E-state index < -0.39 is 0 Å². The summed E-state index contributed by atoms with van der Waals surface area (Å²) in [6.45, 7) is 12.0. The summed E-state index contributed by atoms with van der Waals surface area (Å²) in [5.41, 5.74) is 0.534. The van der Waals surface area contributed by atoms with E-state index in [0.29, 0.717) is 5.41 Å². The quantitative estimate of drug-likeness (QED) is 0.832. The van der Waals surface area contributed by atoms with Crippen LogP contribution in [0.15, 0.2) is 0 Å². The number of likely N-dealkylation sites (N-methyl/N-ethyl adjacent to an activating group) is 1. The Labute approximate surface area is 120 Å². The van der Waals surface area contributed by atoms with Gasteiger partial charge in [-0.3, -0.25) is 4.90 Å². The first-order valence-electron chi connectivity index (χ1n) is 8.56. The van der Waals surface area contributed by atoms with Crippen LogP contribution in [-0.2, 0) is 0 Å². The maximum absolute atomic E-state index is 3.77. The Morgan fingerprint density at radius 1 is 1.16 bits per heavy atom. The number of nitrogens with zero attached hydrogens (tertiary/aromatic N) is 1. The van der Waals surface area contributed by atoms with E-state index in [-0.39, 0.29) is 0 Å². The van der Waals surface area contributed by atoms with Crippen molar-refractivity contribution in [3.05, 3.63) is 0 Å². The lowest BCUT2D eigenvalue weighted by Crippen LogP contribution is -2.58. The van der Waals surface area contributed by atoms with Crippen molar-refractivity contribution in [3.63, 3.8) is 0 Å². The van der Waals surface area contributed by atoms with Crippen molar-refractivity contribution in [1.82, 2.24) is 10.2 Å².